The van der Waals surface area contributed by atoms with Gasteiger partial charge in [-0.3, -0.25) is 4.79 Å². The molecule has 0 aliphatic carbocycles. The molecule has 3 nitrogen and oxygen atoms in total. The van der Waals surface area contributed by atoms with Gasteiger partial charge in [-0.15, -0.1) is 0 Å². The van der Waals surface area contributed by atoms with Gasteiger partial charge in [0.1, 0.15) is 5.75 Å². The summed E-state index contributed by atoms with van der Waals surface area (Å²) in [6, 6.07) is 11.2. The second-order valence-electron chi connectivity index (χ2n) is 4.95. The molecule has 106 valence electrons. The Kier molecular flexibility index (Phi) is 4.61. The Labute approximate surface area is 119 Å². The lowest BCUT2D eigenvalue weighted by Gasteiger charge is -2.21. The highest BCUT2D eigenvalue weighted by atomic mass is 16.3. The van der Waals surface area contributed by atoms with Crippen LogP contribution in [-0.2, 0) is 0 Å². The highest BCUT2D eigenvalue weighted by molar-refractivity contribution is 6.01. The second-order valence-corrected chi connectivity index (χ2v) is 4.95. The highest BCUT2D eigenvalue weighted by Crippen LogP contribution is 2.26. The normalized spacial score (nSPS) is 10.7. The van der Waals surface area contributed by atoms with E-state index in [4.69, 9.17) is 0 Å². The van der Waals surface area contributed by atoms with Crippen LogP contribution in [0.2, 0.25) is 0 Å². The lowest BCUT2D eigenvalue weighted by molar-refractivity contribution is 0.0759. The van der Waals surface area contributed by atoms with Gasteiger partial charge in [0.05, 0.1) is 5.56 Å². The monoisotopic (exact) mass is 271 g/mol. The maximum absolute atomic E-state index is 12.5. The summed E-state index contributed by atoms with van der Waals surface area (Å²) in [5, 5.41) is 12.0. The summed E-state index contributed by atoms with van der Waals surface area (Å²) in [5.41, 5.74) is 0.390. The Morgan fingerprint density at radius 1 is 1.15 bits per heavy atom. The third kappa shape index (κ3) is 2.93. The van der Waals surface area contributed by atoms with Crippen molar-refractivity contribution in [2.75, 3.05) is 13.1 Å². The van der Waals surface area contributed by atoms with Crippen LogP contribution in [0, 0.1) is 0 Å². The first-order valence-electron chi connectivity index (χ1n) is 7.18. The van der Waals surface area contributed by atoms with E-state index in [1.165, 1.54) is 0 Å². The first-order chi connectivity index (χ1) is 9.67. The number of aromatic hydroxyl groups is 1. The average molecular weight is 271 g/mol. The summed E-state index contributed by atoms with van der Waals surface area (Å²) in [6.07, 6.45) is 2.03. The first kappa shape index (κ1) is 14.4. The minimum absolute atomic E-state index is 0.0589. The summed E-state index contributed by atoms with van der Waals surface area (Å²) >= 11 is 0. The maximum atomic E-state index is 12.5. The van der Waals surface area contributed by atoms with E-state index >= 15 is 0 Å². The van der Waals surface area contributed by atoms with E-state index < -0.39 is 0 Å². The minimum Gasteiger partial charge on any atom is -0.507 e. The van der Waals surface area contributed by atoms with E-state index in [1.54, 1.807) is 17.0 Å². The predicted octanol–water partition coefficient (Wildman–Crippen LogP) is 3.81. The molecule has 0 bridgehead atoms. The zero-order chi connectivity index (χ0) is 14.5. The van der Waals surface area contributed by atoms with Crippen molar-refractivity contribution >= 4 is 16.7 Å². The molecule has 1 N–H and O–H groups in total. The molecule has 0 heterocycles. The average Bonchev–Trinajstić information content (AvgIpc) is 2.47. The quantitative estimate of drug-likeness (QED) is 0.898. The van der Waals surface area contributed by atoms with Crippen LogP contribution in [0.15, 0.2) is 36.4 Å². The van der Waals surface area contributed by atoms with E-state index in [0.717, 1.165) is 30.2 Å². The molecule has 0 unspecified atom stereocenters. The van der Waals surface area contributed by atoms with Crippen molar-refractivity contribution in [2.24, 2.45) is 0 Å². The number of unbranched alkanes of at least 4 members (excludes halogenated alkanes) is 1. The number of carbonyl (C=O) groups excluding carboxylic acids is 1. The molecule has 0 saturated heterocycles. The van der Waals surface area contributed by atoms with Gasteiger partial charge in [-0.05, 0) is 36.2 Å². The number of carbonyl (C=O) groups is 1. The third-order valence-electron chi connectivity index (χ3n) is 3.54. The van der Waals surface area contributed by atoms with Crippen LogP contribution >= 0.6 is 0 Å². The van der Waals surface area contributed by atoms with Crippen molar-refractivity contribution < 1.29 is 9.90 Å². The molecule has 0 aromatic heterocycles. The third-order valence-corrected chi connectivity index (χ3v) is 3.54. The minimum atomic E-state index is -0.0933. The molecular weight excluding hydrogens is 250 g/mol. The number of nitrogens with zero attached hydrogens (tertiary/aromatic N) is 1. The Balaban J connectivity index is 2.35. The lowest BCUT2D eigenvalue weighted by atomic mass is 10.0. The number of hydrogen-bond acceptors (Lipinski definition) is 2. The van der Waals surface area contributed by atoms with E-state index in [9.17, 15) is 9.90 Å². The Morgan fingerprint density at radius 3 is 2.40 bits per heavy atom. The summed E-state index contributed by atoms with van der Waals surface area (Å²) in [7, 11) is 0. The van der Waals surface area contributed by atoms with Gasteiger partial charge in [-0.1, -0.05) is 37.6 Å². The van der Waals surface area contributed by atoms with E-state index in [-0.39, 0.29) is 11.7 Å². The molecule has 2 aromatic carbocycles. The second kappa shape index (κ2) is 6.42. The van der Waals surface area contributed by atoms with Crippen LogP contribution in [0.25, 0.3) is 10.8 Å². The van der Waals surface area contributed by atoms with Gasteiger partial charge < -0.3 is 10.0 Å². The number of phenols is 1. The summed E-state index contributed by atoms with van der Waals surface area (Å²) in [4.78, 5) is 14.3. The molecule has 3 heteroatoms. The van der Waals surface area contributed by atoms with Crippen molar-refractivity contribution in [2.45, 2.75) is 26.7 Å². The van der Waals surface area contributed by atoms with Crippen LogP contribution in [0.1, 0.15) is 37.0 Å². The molecule has 0 aliphatic rings. The van der Waals surface area contributed by atoms with E-state index in [1.807, 2.05) is 31.2 Å². The summed E-state index contributed by atoms with van der Waals surface area (Å²) < 4.78 is 0. The van der Waals surface area contributed by atoms with Crippen molar-refractivity contribution in [3.63, 3.8) is 0 Å². The Hall–Kier alpha value is -2.03. The Bertz CT molecular complexity index is 607. The Morgan fingerprint density at radius 2 is 1.80 bits per heavy atom. The topological polar surface area (TPSA) is 40.5 Å². The van der Waals surface area contributed by atoms with Crippen molar-refractivity contribution in [1.29, 1.82) is 0 Å². The van der Waals surface area contributed by atoms with Crippen LogP contribution in [-0.4, -0.2) is 29.0 Å². The van der Waals surface area contributed by atoms with Gasteiger partial charge in [-0.25, -0.2) is 0 Å². The number of fused-ring (bicyclic) bond motifs is 1. The maximum Gasteiger partial charge on any atom is 0.257 e. The van der Waals surface area contributed by atoms with Gasteiger partial charge in [0, 0.05) is 13.1 Å². The number of hydrogen-bond donors (Lipinski definition) is 1. The molecule has 0 radical (unpaired) electrons. The zero-order valence-corrected chi connectivity index (χ0v) is 12.1. The SMILES string of the molecule is CCCCN(CC)C(=O)c1cc2ccccc2cc1O. The standard InChI is InChI=1S/C17H21NO2/c1-3-5-10-18(4-2)17(20)15-11-13-8-6-7-9-14(13)12-16(15)19/h6-9,11-12,19H,3-5,10H2,1-2H3. The molecule has 0 spiro atoms. The molecule has 2 aromatic rings. The number of rotatable bonds is 5. The molecule has 0 saturated carbocycles. The molecule has 0 fully saturated rings. The van der Waals surface area contributed by atoms with Crippen LogP contribution in [0.5, 0.6) is 5.75 Å². The lowest BCUT2D eigenvalue weighted by Crippen LogP contribution is -2.31. The van der Waals surface area contributed by atoms with Gasteiger partial charge in [0.25, 0.3) is 5.91 Å². The molecule has 0 atom stereocenters. The molecule has 1 amide bonds. The van der Waals surface area contributed by atoms with Gasteiger partial charge >= 0.3 is 0 Å². The van der Waals surface area contributed by atoms with E-state index in [0.29, 0.717) is 12.1 Å². The molecular formula is C17H21NO2. The van der Waals surface area contributed by atoms with Crippen LogP contribution < -0.4 is 0 Å². The fourth-order valence-corrected chi connectivity index (χ4v) is 2.32. The van der Waals surface area contributed by atoms with Crippen molar-refractivity contribution in [3.8, 4) is 5.75 Å². The fraction of sp³-hybridized carbons (Fsp3) is 0.353. The fourth-order valence-electron chi connectivity index (χ4n) is 2.32. The van der Waals surface area contributed by atoms with Crippen molar-refractivity contribution in [3.05, 3.63) is 42.0 Å². The predicted molar refractivity (Wildman–Crippen MR) is 82.1 cm³/mol. The van der Waals surface area contributed by atoms with Crippen molar-refractivity contribution in [1.82, 2.24) is 4.90 Å². The zero-order valence-electron chi connectivity index (χ0n) is 12.1. The van der Waals surface area contributed by atoms with Crippen LogP contribution in [0.3, 0.4) is 0 Å². The summed E-state index contributed by atoms with van der Waals surface area (Å²) in [6.45, 7) is 5.46. The number of benzene rings is 2. The number of phenolic OH excluding ortho intramolecular Hbond substituents is 1. The van der Waals surface area contributed by atoms with Crippen LogP contribution in [0.4, 0.5) is 0 Å². The van der Waals surface area contributed by atoms with Gasteiger partial charge in [0.2, 0.25) is 0 Å². The molecule has 20 heavy (non-hydrogen) atoms. The van der Waals surface area contributed by atoms with Gasteiger partial charge in [-0.2, -0.15) is 0 Å². The smallest absolute Gasteiger partial charge is 0.257 e. The number of amides is 1. The van der Waals surface area contributed by atoms with E-state index in [2.05, 4.69) is 6.92 Å². The molecule has 0 aliphatic heterocycles. The molecule has 2 rings (SSSR count). The van der Waals surface area contributed by atoms with Gasteiger partial charge in [0.15, 0.2) is 0 Å². The summed E-state index contributed by atoms with van der Waals surface area (Å²) in [5.74, 6) is -0.0344. The highest BCUT2D eigenvalue weighted by Gasteiger charge is 2.17. The first-order valence-corrected chi connectivity index (χ1v) is 7.18. The largest absolute Gasteiger partial charge is 0.507 e.